The number of carbonyl (C=O) groups is 2. The van der Waals surface area contributed by atoms with Crippen LogP contribution in [-0.2, 0) is 4.74 Å². The molecule has 1 aliphatic rings. The van der Waals surface area contributed by atoms with E-state index in [1.807, 2.05) is 20.8 Å². The van der Waals surface area contributed by atoms with E-state index >= 15 is 0 Å². The Morgan fingerprint density at radius 3 is 2.42 bits per heavy atom. The normalized spacial score (nSPS) is 21.5. The van der Waals surface area contributed by atoms with Crippen LogP contribution in [0.2, 0.25) is 0 Å². The summed E-state index contributed by atoms with van der Waals surface area (Å²) in [5.74, 6) is 0.579. The van der Waals surface area contributed by atoms with Gasteiger partial charge in [0.25, 0.3) is 0 Å². The molecule has 0 radical (unpaired) electrons. The minimum absolute atomic E-state index is 0.174. The average Bonchev–Trinajstić information content (AvgIpc) is 2.91. The summed E-state index contributed by atoms with van der Waals surface area (Å²) in [5, 5.41) is 5.58. The molecule has 0 bridgehead atoms. The average molecular weight is 271 g/mol. The standard InChI is InChI=1S/C13H25N3O3/c1-9-8-10(9)15-11(17)14-6-7-16(5)12(18)19-13(2,3)4/h9-10H,6-8H2,1-5H3,(H2,14,15,17)/t9-,10-/m0/s1. The molecule has 0 aromatic rings. The molecule has 0 unspecified atom stereocenters. The number of hydrogen-bond donors (Lipinski definition) is 2. The molecule has 1 saturated carbocycles. The lowest BCUT2D eigenvalue weighted by Gasteiger charge is -2.24. The molecule has 3 amide bonds. The van der Waals surface area contributed by atoms with Crippen LogP contribution in [0.15, 0.2) is 0 Å². The van der Waals surface area contributed by atoms with Crippen molar-refractivity contribution in [3.63, 3.8) is 0 Å². The SMILES string of the molecule is C[C@H]1C[C@@H]1NC(=O)NCCN(C)C(=O)OC(C)(C)C. The monoisotopic (exact) mass is 271 g/mol. The summed E-state index contributed by atoms with van der Waals surface area (Å²) in [5.41, 5.74) is -0.502. The molecular formula is C13H25N3O3. The van der Waals surface area contributed by atoms with Gasteiger partial charge < -0.3 is 20.3 Å². The zero-order valence-electron chi connectivity index (χ0n) is 12.4. The van der Waals surface area contributed by atoms with E-state index in [0.717, 1.165) is 6.42 Å². The molecule has 6 nitrogen and oxygen atoms in total. The fraction of sp³-hybridized carbons (Fsp3) is 0.846. The van der Waals surface area contributed by atoms with E-state index in [0.29, 0.717) is 25.0 Å². The highest BCUT2D eigenvalue weighted by molar-refractivity contribution is 5.74. The molecule has 2 N–H and O–H groups in total. The van der Waals surface area contributed by atoms with E-state index in [9.17, 15) is 9.59 Å². The fourth-order valence-electron chi connectivity index (χ4n) is 1.51. The molecule has 110 valence electrons. The maximum atomic E-state index is 11.6. The summed E-state index contributed by atoms with van der Waals surface area (Å²) in [6.45, 7) is 8.39. The largest absolute Gasteiger partial charge is 0.444 e. The van der Waals surface area contributed by atoms with E-state index in [2.05, 4.69) is 17.6 Å². The maximum absolute atomic E-state index is 11.6. The number of ether oxygens (including phenoxy) is 1. The van der Waals surface area contributed by atoms with E-state index in [1.165, 1.54) is 4.90 Å². The van der Waals surface area contributed by atoms with Crippen LogP contribution in [0.5, 0.6) is 0 Å². The maximum Gasteiger partial charge on any atom is 0.410 e. The molecule has 0 spiro atoms. The van der Waals surface area contributed by atoms with Crippen molar-refractivity contribution in [2.45, 2.75) is 45.8 Å². The summed E-state index contributed by atoms with van der Waals surface area (Å²) in [7, 11) is 1.65. The van der Waals surface area contributed by atoms with Crippen molar-refractivity contribution >= 4 is 12.1 Å². The van der Waals surface area contributed by atoms with Crippen molar-refractivity contribution in [2.75, 3.05) is 20.1 Å². The van der Waals surface area contributed by atoms with E-state index in [4.69, 9.17) is 4.74 Å². The molecule has 0 aromatic heterocycles. The van der Waals surface area contributed by atoms with Crippen LogP contribution in [-0.4, -0.2) is 48.8 Å². The number of carbonyl (C=O) groups excluding carboxylic acids is 2. The Labute approximate surface area is 114 Å². The first-order chi connectivity index (χ1) is 8.69. The molecule has 6 heteroatoms. The number of amides is 3. The van der Waals surface area contributed by atoms with Gasteiger partial charge in [0, 0.05) is 26.2 Å². The van der Waals surface area contributed by atoms with Crippen molar-refractivity contribution in [1.29, 1.82) is 0 Å². The lowest BCUT2D eigenvalue weighted by atomic mass is 10.2. The Bertz CT molecular complexity index is 339. The number of rotatable bonds is 4. The van der Waals surface area contributed by atoms with Gasteiger partial charge in [0.1, 0.15) is 5.60 Å². The number of nitrogens with zero attached hydrogens (tertiary/aromatic N) is 1. The van der Waals surface area contributed by atoms with Crippen LogP contribution < -0.4 is 10.6 Å². The van der Waals surface area contributed by atoms with Crippen molar-refractivity contribution in [2.24, 2.45) is 5.92 Å². The molecule has 1 fully saturated rings. The van der Waals surface area contributed by atoms with Crippen molar-refractivity contribution in [3.8, 4) is 0 Å². The second kappa shape index (κ2) is 6.12. The molecule has 1 rings (SSSR count). The highest BCUT2D eigenvalue weighted by Crippen LogP contribution is 2.28. The van der Waals surface area contributed by atoms with E-state index in [1.54, 1.807) is 7.05 Å². The second-order valence-corrected chi connectivity index (χ2v) is 6.12. The lowest BCUT2D eigenvalue weighted by Crippen LogP contribution is -2.43. The Balaban J connectivity index is 2.14. The molecule has 19 heavy (non-hydrogen) atoms. The topological polar surface area (TPSA) is 70.7 Å². The summed E-state index contributed by atoms with van der Waals surface area (Å²) in [6.07, 6.45) is 0.663. The third-order valence-electron chi connectivity index (χ3n) is 2.86. The van der Waals surface area contributed by atoms with Crippen LogP contribution in [0.3, 0.4) is 0 Å². The molecule has 0 saturated heterocycles. The first kappa shape index (κ1) is 15.6. The first-order valence-corrected chi connectivity index (χ1v) is 6.67. The highest BCUT2D eigenvalue weighted by Gasteiger charge is 2.33. The molecule has 0 heterocycles. The predicted molar refractivity (Wildman–Crippen MR) is 73.0 cm³/mol. The Kier molecular flexibility index (Phi) is 5.03. The van der Waals surface area contributed by atoms with Crippen LogP contribution in [0, 0.1) is 5.92 Å². The molecular weight excluding hydrogens is 246 g/mol. The first-order valence-electron chi connectivity index (χ1n) is 6.67. The van der Waals surface area contributed by atoms with E-state index in [-0.39, 0.29) is 12.1 Å². The van der Waals surface area contributed by atoms with Gasteiger partial charge in [0.05, 0.1) is 0 Å². The lowest BCUT2D eigenvalue weighted by molar-refractivity contribution is 0.0301. The Morgan fingerprint density at radius 2 is 1.95 bits per heavy atom. The van der Waals surface area contributed by atoms with Crippen LogP contribution in [0.25, 0.3) is 0 Å². The fourth-order valence-corrected chi connectivity index (χ4v) is 1.51. The third kappa shape index (κ3) is 6.31. The summed E-state index contributed by atoms with van der Waals surface area (Å²) < 4.78 is 5.20. The smallest absolute Gasteiger partial charge is 0.410 e. The van der Waals surface area contributed by atoms with Crippen molar-refractivity contribution in [1.82, 2.24) is 15.5 Å². The van der Waals surface area contributed by atoms with Gasteiger partial charge >= 0.3 is 12.1 Å². The number of nitrogens with one attached hydrogen (secondary N) is 2. The second-order valence-electron chi connectivity index (χ2n) is 6.12. The molecule has 0 aliphatic heterocycles. The van der Waals surface area contributed by atoms with Gasteiger partial charge in [-0.25, -0.2) is 9.59 Å². The van der Waals surface area contributed by atoms with E-state index < -0.39 is 5.60 Å². The van der Waals surface area contributed by atoms with Gasteiger partial charge in [0.2, 0.25) is 0 Å². The zero-order chi connectivity index (χ0) is 14.6. The predicted octanol–water partition coefficient (Wildman–Crippen LogP) is 1.56. The third-order valence-corrected chi connectivity index (χ3v) is 2.86. The zero-order valence-corrected chi connectivity index (χ0v) is 12.4. The number of hydrogen-bond acceptors (Lipinski definition) is 3. The summed E-state index contributed by atoms with van der Waals surface area (Å²) in [6, 6.07) is 0.135. The Hall–Kier alpha value is -1.46. The van der Waals surface area contributed by atoms with Gasteiger partial charge in [-0.2, -0.15) is 0 Å². The molecule has 2 atom stereocenters. The van der Waals surface area contributed by atoms with Gasteiger partial charge in [0.15, 0.2) is 0 Å². The van der Waals surface area contributed by atoms with Crippen LogP contribution in [0.4, 0.5) is 9.59 Å². The van der Waals surface area contributed by atoms with Crippen molar-refractivity contribution < 1.29 is 14.3 Å². The van der Waals surface area contributed by atoms with Gasteiger partial charge in [-0.3, -0.25) is 0 Å². The van der Waals surface area contributed by atoms with Gasteiger partial charge in [-0.15, -0.1) is 0 Å². The summed E-state index contributed by atoms with van der Waals surface area (Å²) in [4.78, 5) is 24.6. The van der Waals surface area contributed by atoms with Gasteiger partial charge in [-0.05, 0) is 33.1 Å². The number of likely N-dealkylation sites (N-methyl/N-ethyl adjacent to an activating group) is 1. The highest BCUT2D eigenvalue weighted by atomic mass is 16.6. The van der Waals surface area contributed by atoms with Crippen LogP contribution >= 0.6 is 0 Å². The summed E-state index contributed by atoms with van der Waals surface area (Å²) >= 11 is 0. The van der Waals surface area contributed by atoms with Crippen molar-refractivity contribution in [3.05, 3.63) is 0 Å². The minimum Gasteiger partial charge on any atom is -0.444 e. The van der Waals surface area contributed by atoms with Gasteiger partial charge in [-0.1, -0.05) is 6.92 Å². The molecule has 1 aliphatic carbocycles. The number of urea groups is 1. The molecule has 0 aromatic carbocycles. The Morgan fingerprint density at radius 1 is 1.37 bits per heavy atom. The quantitative estimate of drug-likeness (QED) is 0.815. The minimum atomic E-state index is -0.502. The van der Waals surface area contributed by atoms with Crippen LogP contribution in [0.1, 0.15) is 34.1 Å².